The quantitative estimate of drug-likeness (QED) is 0.0715. The van der Waals surface area contributed by atoms with Gasteiger partial charge in [-0.05, 0) is 275 Å². The van der Waals surface area contributed by atoms with Crippen molar-refractivity contribution in [2.75, 3.05) is 0 Å². The van der Waals surface area contributed by atoms with E-state index in [-0.39, 0.29) is 12.2 Å². The first-order chi connectivity index (χ1) is 52.9. The van der Waals surface area contributed by atoms with Gasteiger partial charge < -0.3 is 28.4 Å². The molecular weight excluding hydrogens is 1330 g/mol. The molecule has 0 heterocycles. The molecule has 0 N–H and O–H groups in total. The summed E-state index contributed by atoms with van der Waals surface area (Å²) in [7, 11) is 0. The number of benzene rings is 11. The first kappa shape index (κ1) is 79.7. The predicted octanol–water partition coefficient (Wildman–Crippen LogP) is 25.5. The molecule has 4 atom stereocenters. The lowest BCUT2D eigenvalue weighted by Gasteiger charge is -2.21. The number of hydrogen-bond donors (Lipinski definition) is 0. The molecule has 0 spiro atoms. The van der Waals surface area contributed by atoms with Gasteiger partial charge in [0.15, 0.2) is 0 Å². The summed E-state index contributed by atoms with van der Waals surface area (Å²) in [5.41, 5.74) is 37.8. The topological polar surface area (TPSA) is 55.4 Å². The van der Waals surface area contributed by atoms with Crippen molar-refractivity contribution in [2.45, 2.75) is 230 Å². The van der Waals surface area contributed by atoms with Crippen molar-refractivity contribution >= 4 is 0 Å². The fourth-order valence-corrected chi connectivity index (χ4v) is 15.4. The molecular formula is C103H118O6. The van der Waals surface area contributed by atoms with E-state index < -0.39 is 0 Å². The number of hydrogen-bond acceptors (Lipinski definition) is 6. The average molecular weight is 1450 g/mol. The van der Waals surface area contributed by atoms with Crippen molar-refractivity contribution in [3.05, 3.63) is 331 Å². The Balaban J connectivity index is 0.000000122. The lowest BCUT2D eigenvalue weighted by Crippen LogP contribution is -2.24. The molecule has 0 amide bonds. The number of fused-ring (bicyclic) bond motifs is 16. The second-order valence-electron chi connectivity index (χ2n) is 31.9. The zero-order chi connectivity index (χ0) is 76.5. The molecule has 6 heteroatoms. The third-order valence-corrected chi connectivity index (χ3v) is 22.7. The van der Waals surface area contributed by atoms with Gasteiger partial charge in [0.2, 0.25) is 0 Å². The van der Waals surface area contributed by atoms with Gasteiger partial charge >= 0.3 is 0 Å². The van der Waals surface area contributed by atoms with Crippen LogP contribution in [0, 0.1) is 11.8 Å². The Hall–Kier alpha value is -8.82. The van der Waals surface area contributed by atoms with E-state index in [4.69, 9.17) is 28.4 Å². The fourth-order valence-electron chi connectivity index (χ4n) is 15.4. The highest BCUT2D eigenvalue weighted by Crippen LogP contribution is 2.43. The SMILES string of the molecule is CC(C)C(C)OC1Cc2ccccc2C1.CC(C)C(C)OCc1cccc2c1Cc1ccccc1-2.CC(C)OCc1ccc2c(c1)Cc1ccccc1-2.CC(C)OCc1cccc2c1Cc1ccccc1-2.CCC(C)OCc1ccc2c(c1)Cc1ccccc1-2.CCC(C)OCc1cccc2c1Cc1ccccc1-2. The van der Waals surface area contributed by atoms with Crippen LogP contribution < -0.4 is 0 Å². The van der Waals surface area contributed by atoms with Crippen molar-refractivity contribution in [3.63, 3.8) is 0 Å². The largest absolute Gasteiger partial charge is 0.374 e. The minimum atomic E-state index is 0.282. The summed E-state index contributed by atoms with van der Waals surface area (Å²) in [6.07, 6.45) is 11.9. The molecule has 4 unspecified atom stereocenters. The zero-order valence-corrected chi connectivity index (χ0v) is 67.6. The second kappa shape index (κ2) is 38.2. The summed E-state index contributed by atoms with van der Waals surface area (Å²) in [5.74, 6) is 1.16. The predicted molar refractivity (Wildman–Crippen MR) is 454 cm³/mol. The molecule has 0 saturated heterocycles. The van der Waals surface area contributed by atoms with E-state index in [1.807, 2.05) is 0 Å². The average Bonchev–Trinajstić information content (AvgIpc) is 1.66. The maximum Gasteiger partial charge on any atom is 0.0723 e. The second-order valence-corrected chi connectivity index (χ2v) is 31.9. The van der Waals surface area contributed by atoms with Crippen LogP contribution in [0.4, 0.5) is 0 Å². The number of ether oxygens (including phenoxy) is 6. The lowest BCUT2D eigenvalue weighted by atomic mass is 10.0. The van der Waals surface area contributed by atoms with Gasteiger partial charge in [-0.25, -0.2) is 0 Å². The van der Waals surface area contributed by atoms with Gasteiger partial charge in [0.25, 0.3) is 0 Å². The van der Waals surface area contributed by atoms with E-state index in [2.05, 4.69) is 334 Å². The molecule has 6 nitrogen and oxygen atoms in total. The molecule has 0 bridgehead atoms. The third-order valence-electron chi connectivity index (χ3n) is 22.7. The Morgan fingerprint density at radius 2 is 0.560 bits per heavy atom. The molecule has 11 aromatic carbocycles. The van der Waals surface area contributed by atoms with Crippen LogP contribution in [-0.2, 0) is 106 Å². The molecule has 566 valence electrons. The summed E-state index contributed by atoms with van der Waals surface area (Å²) in [6.45, 7) is 33.7. The van der Waals surface area contributed by atoms with Crippen LogP contribution in [0.5, 0.6) is 0 Å². The summed E-state index contributed by atoms with van der Waals surface area (Å²) < 4.78 is 35.2. The molecule has 109 heavy (non-hydrogen) atoms. The molecule has 6 aliphatic carbocycles. The van der Waals surface area contributed by atoms with Crippen LogP contribution >= 0.6 is 0 Å². The van der Waals surface area contributed by atoms with Crippen molar-refractivity contribution < 1.29 is 28.4 Å². The van der Waals surface area contributed by atoms with Gasteiger partial charge in [-0.2, -0.15) is 0 Å². The first-order valence-electron chi connectivity index (χ1n) is 40.7. The lowest BCUT2D eigenvalue weighted by molar-refractivity contribution is -0.0194. The van der Waals surface area contributed by atoms with E-state index in [1.165, 1.54) is 150 Å². The Kier molecular flexibility index (Phi) is 27.9. The summed E-state index contributed by atoms with van der Waals surface area (Å²) >= 11 is 0. The van der Waals surface area contributed by atoms with E-state index in [9.17, 15) is 0 Å². The van der Waals surface area contributed by atoms with Crippen molar-refractivity contribution in [1.29, 1.82) is 0 Å². The third kappa shape index (κ3) is 20.4. The molecule has 0 saturated carbocycles. The van der Waals surface area contributed by atoms with Crippen LogP contribution in [0.15, 0.2) is 237 Å². The van der Waals surface area contributed by atoms with Crippen molar-refractivity contribution in [3.8, 4) is 55.6 Å². The van der Waals surface area contributed by atoms with Gasteiger partial charge in [0.05, 0.1) is 75.8 Å². The van der Waals surface area contributed by atoms with E-state index in [0.717, 1.165) is 84.2 Å². The monoisotopic (exact) mass is 1450 g/mol. The normalized spacial score (nSPS) is 14.1. The standard InChI is InChI=1S/C19H22O.2C18H20O.2C17H18O.C14H20O/c1-13(2)14(3)20-12-16-8-6-10-18-17-9-5-4-7-15(17)11-19(16)18;1-3-13(2)19-12-15-8-6-10-17-16-9-5-4-7-14(16)11-18(15)17;1-3-13(2)19-12-14-8-9-18-16(10-14)11-15-6-4-5-7-17(15)18;1-12(2)18-11-14-7-5-9-16-15-8-4-3-6-13(15)10-17(14)16;1-12(2)18-11-13-7-8-17-15(9-13)10-14-5-3-4-6-16(14)17;1-10(2)11(3)15-14-8-12-6-4-5-7-13(12)9-14/h4-10,13-14H,11-12H2,1-3H3;2*4-10,13H,3,11-12H2,1-2H3;2*3-9,12H,10-11H2,1-2H3;4-7,10-11,14H,8-9H2,1-3H3. The smallest absolute Gasteiger partial charge is 0.0723 e. The van der Waals surface area contributed by atoms with Crippen molar-refractivity contribution in [2.24, 2.45) is 11.8 Å². The highest BCUT2D eigenvalue weighted by molar-refractivity contribution is 5.81. The minimum absolute atomic E-state index is 0.282. The highest BCUT2D eigenvalue weighted by Gasteiger charge is 2.27. The Labute approximate surface area is 653 Å². The first-order valence-corrected chi connectivity index (χ1v) is 40.7. The van der Waals surface area contributed by atoms with Gasteiger partial charge in [-0.3, -0.25) is 0 Å². The molecule has 0 aliphatic heterocycles. The Morgan fingerprint density at radius 3 is 0.927 bits per heavy atom. The molecule has 0 radical (unpaired) electrons. The van der Waals surface area contributed by atoms with Crippen LogP contribution in [0.3, 0.4) is 0 Å². The fraction of sp³-hybridized carbons (Fsp3) is 0.359. The highest BCUT2D eigenvalue weighted by atomic mass is 16.5. The van der Waals surface area contributed by atoms with Gasteiger partial charge in [0.1, 0.15) is 0 Å². The van der Waals surface area contributed by atoms with E-state index >= 15 is 0 Å². The Bertz CT molecular complexity index is 4780. The zero-order valence-electron chi connectivity index (χ0n) is 67.6. The van der Waals surface area contributed by atoms with Crippen LogP contribution in [-0.4, -0.2) is 42.7 Å². The number of rotatable bonds is 21. The maximum absolute atomic E-state index is 6.06. The summed E-state index contributed by atoms with van der Waals surface area (Å²) in [4.78, 5) is 0. The minimum Gasteiger partial charge on any atom is -0.374 e. The van der Waals surface area contributed by atoms with Crippen molar-refractivity contribution in [1.82, 2.24) is 0 Å². The van der Waals surface area contributed by atoms with Crippen LogP contribution in [0.25, 0.3) is 55.6 Å². The van der Waals surface area contributed by atoms with Crippen LogP contribution in [0.1, 0.15) is 204 Å². The summed E-state index contributed by atoms with van der Waals surface area (Å²) in [6, 6.07) is 85.3. The molecule has 0 fully saturated rings. The molecule has 6 aliphatic rings. The maximum atomic E-state index is 6.06. The van der Waals surface area contributed by atoms with E-state index in [0.29, 0.717) is 49.0 Å². The van der Waals surface area contributed by atoms with Gasteiger partial charge in [-0.15, -0.1) is 0 Å². The summed E-state index contributed by atoms with van der Waals surface area (Å²) in [5, 5.41) is 0. The molecule has 11 aromatic rings. The van der Waals surface area contributed by atoms with Gasteiger partial charge in [-0.1, -0.05) is 278 Å². The Morgan fingerprint density at radius 1 is 0.266 bits per heavy atom. The van der Waals surface area contributed by atoms with Gasteiger partial charge in [0, 0.05) is 0 Å². The van der Waals surface area contributed by atoms with E-state index in [1.54, 1.807) is 0 Å². The molecule has 0 aromatic heterocycles. The molecule has 17 rings (SSSR count). The van der Waals surface area contributed by atoms with Crippen LogP contribution in [0.2, 0.25) is 0 Å².